The fourth-order valence-electron chi connectivity index (χ4n) is 4.64. The number of carbonyl (C=O) groups excluding carboxylic acids is 3. The lowest BCUT2D eigenvalue weighted by Gasteiger charge is -2.30. The summed E-state index contributed by atoms with van der Waals surface area (Å²) in [5.74, 6) is -2.46. The monoisotopic (exact) mass is 466 g/mol. The van der Waals surface area contributed by atoms with Crippen molar-refractivity contribution in [3.8, 4) is 0 Å². The van der Waals surface area contributed by atoms with Crippen LogP contribution in [0.2, 0.25) is 0 Å². The Morgan fingerprint density at radius 3 is 2.26 bits per heavy atom. The Labute approximate surface area is 194 Å². The van der Waals surface area contributed by atoms with Gasteiger partial charge >= 0.3 is 0 Å². The van der Waals surface area contributed by atoms with E-state index in [1.807, 2.05) is 6.92 Å². The number of nitro groups is 2. The molecule has 0 spiro atoms. The van der Waals surface area contributed by atoms with Crippen LogP contribution in [-0.4, -0.2) is 37.6 Å². The number of nitro benzene ring substituents is 2. The van der Waals surface area contributed by atoms with E-state index in [9.17, 15) is 34.6 Å². The highest BCUT2D eigenvalue weighted by Crippen LogP contribution is 2.41. The molecule has 0 unspecified atom stereocenters. The van der Waals surface area contributed by atoms with Gasteiger partial charge in [0.25, 0.3) is 29.1 Å². The van der Waals surface area contributed by atoms with Gasteiger partial charge in [0.2, 0.25) is 0 Å². The smallest absolute Gasteiger partial charge is 0.272 e. The average molecular weight is 466 g/mol. The van der Waals surface area contributed by atoms with E-state index in [-0.39, 0.29) is 29.4 Å². The highest BCUT2D eigenvalue weighted by molar-refractivity contribution is 6.07. The van der Waals surface area contributed by atoms with E-state index in [1.165, 1.54) is 42.5 Å². The molecule has 2 aliphatic rings. The van der Waals surface area contributed by atoms with Crippen molar-refractivity contribution >= 4 is 29.1 Å². The Bertz CT molecular complexity index is 1180. The first-order chi connectivity index (χ1) is 16.2. The van der Waals surface area contributed by atoms with Gasteiger partial charge in [-0.2, -0.15) is 5.01 Å². The summed E-state index contributed by atoms with van der Waals surface area (Å²) in [7, 11) is 0. The Morgan fingerprint density at radius 1 is 0.971 bits per heavy atom. The van der Waals surface area contributed by atoms with Gasteiger partial charge in [-0.25, -0.2) is 5.01 Å². The van der Waals surface area contributed by atoms with Gasteiger partial charge in [-0.1, -0.05) is 25.1 Å². The minimum Gasteiger partial charge on any atom is -0.272 e. The van der Waals surface area contributed by atoms with Crippen LogP contribution in [-0.2, 0) is 16.1 Å². The van der Waals surface area contributed by atoms with Crippen molar-refractivity contribution in [2.24, 2.45) is 17.8 Å². The molecular formula is C23H22N4O7. The minimum absolute atomic E-state index is 0.0556. The molecule has 0 bridgehead atoms. The van der Waals surface area contributed by atoms with Crippen LogP contribution in [0.15, 0.2) is 48.5 Å². The van der Waals surface area contributed by atoms with Gasteiger partial charge in [0.1, 0.15) is 0 Å². The second-order valence-corrected chi connectivity index (χ2v) is 8.71. The van der Waals surface area contributed by atoms with Crippen molar-refractivity contribution in [2.75, 3.05) is 0 Å². The maximum Gasteiger partial charge on any atom is 0.273 e. The van der Waals surface area contributed by atoms with E-state index in [0.29, 0.717) is 18.4 Å². The third kappa shape index (κ3) is 4.24. The van der Waals surface area contributed by atoms with E-state index in [4.69, 9.17) is 0 Å². The molecule has 3 amide bonds. The van der Waals surface area contributed by atoms with Crippen LogP contribution >= 0.6 is 0 Å². The number of benzene rings is 2. The van der Waals surface area contributed by atoms with Gasteiger partial charge in [0, 0.05) is 29.8 Å². The Hall–Kier alpha value is -4.15. The number of imide groups is 1. The number of non-ortho nitro benzene ring substituents is 2. The Morgan fingerprint density at radius 2 is 1.62 bits per heavy atom. The SMILES string of the molecule is C[C@@H]1CC[C@H]2C(=O)N(N(Cc3ccc([N+](=O)[O-])cc3)C(=O)c3cccc([N+](=O)[O-])c3)C(=O)[C@@H]2C1. The summed E-state index contributed by atoms with van der Waals surface area (Å²) >= 11 is 0. The van der Waals surface area contributed by atoms with Crippen LogP contribution in [0.3, 0.4) is 0 Å². The molecule has 2 aromatic carbocycles. The summed E-state index contributed by atoms with van der Waals surface area (Å²) in [6, 6.07) is 10.5. The van der Waals surface area contributed by atoms with Gasteiger partial charge < -0.3 is 0 Å². The number of rotatable bonds is 6. The Balaban J connectivity index is 1.72. The molecule has 11 nitrogen and oxygen atoms in total. The average Bonchev–Trinajstić information content (AvgIpc) is 3.06. The molecule has 1 saturated carbocycles. The van der Waals surface area contributed by atoms with Crippen molar-refractivity contribution in [1.29, 1.82) is 0 Å². The summed E-state index contributed by atoms with van der Waals surface area (Å²) in [6.07, 6.45) is 1.89. The van der Waals surface area contributed by atoms with Crippen molar-refractivity contribution < 1.29 is 24.2 Å². The van der Waals surface area contributed by atoms with E-state index < -0.39 is 39.4 Å². The lowest BCUT2D eigenvalue weighted by molar-refractivity contribution is -0.385. The molecule has 2 fully saturated rings. The molecular weight excluding hydrogens is 444 g/mol. The zero-order valence-corrected chi connectivity index (χ0v) is 18.3. The van der Waals surface area contributed by atoms with Crippen molar-refractivity contribution in [1.82, 2.24) is 10.0 Å². The van der Waals surface area contributed by atoms with Crippen molar-refractivity contribution in [3.63, 3.8) is 0 Å². The molecule has 176 valence electrons. The van der Waals surface area contributed by atoms with Gasteiger partial charge in [-0.15, -0.1) is 0 Å². The van der Waals surface area contributed by atoms with Crippen LogP contribution in [0, 0.1) is 38.0 Å². The quantitative estimate of drug-likeness (QED) is 0.360. The third-order valence-electron chi connectivity index (χ3n) is 6.42. The first-order valence-electron chi connectivity index (χ1n) is 10.8. The molecule has 1 aliphatic heterocycles. The second-order valence-electron chi connectivity index (χ2n) is 8.71. The molecule has 34 heavy (non-hydrogen) atoms. The number of hydrazine groups is 1. The molecule has 0 radical (unpaired) electrons. The first-order valence-corrected chi connectivity index (χ1v) is 10.8. The van der Waals surface area contributed by atoms with Crippen LogP contribution in [0.25, 0.3) is 0 Å². The topological polar surface area (TPSA) is 144 Å². The highest BCUT2D eigenvalue weighted by atomic mass is 16.6. The van der Waals surface area contributed by atoms with Gasteiger partial charge in [0.15, 0.2) is 0 Å². The molecule has 1 aliphatic carbocycles. The molecule has 1 saturated heterocycles. The van der Waals surface area contributed by atoms with Gasteiger partial charge in [0.05, 0.1) is 28.2 Å². The molecule has 0 N–H and O–H groups in total. The van der Waals surface area contributed by atoms with E-state index >= 15 is 0 Å². The maximum absolute atomic E-state index is 13.5. The molecule has 2 aromatic rings. The molecule has 11 heteroatoms. The summed E-state index contributed by atoms with van der Waals surface area (Å²) in [6.45, 7) is 1.80. The number of hydrogen-bond donors (Lipinski definition) is 0. The van der Waals surface area contributed by atoms with Crippen LogP contribution in [0.5, 0.6) is 0 Å². The van der Waals surface area contributed by atoms with E-state index in [1.54, 1.807) is 0 Å². The van der Waals surface area contributed by atoms with Gasteiger partial charge in [-0.3, -0.25) is 34.6 Å². The minimum atomic E-state index is -0.754. The molecule has 0 aromatic heterocycles. The predicted molar refractivity (Wildman–Crippen MR) is 118 cm³/mol. The lowest BCUT2D eigenvalue weighted by atomic mass is 9.76. The van der Waals surface area contributed by atoms with E-state index in [0.717, 1.165) is 22.5 Å². The van der Waals surface area contributed by atoms with Crippen molar-refractivity contribution in [3.05, 3.63) is 79.9 Å². The van der Waals surface area contributed by atoms with E-state index in [2.05, 4.69) is 0 Å². The third-order valence-corrected chi connectivity index (χ3v) is 6.42. The number of hydrogen-bond acceptors (Lipinski definition) is 7. The van der Waals surface area contributed by atoms with Crippen LogP contribution < -0.4 is 0 Å². The summed E-state index contributed by atoms with van der Waals surface area (Å²) in [4.78, 5) is 61.0. The predicted octanol–water partition coefficient (Wildman–Crippen LogP) is 3.48. The molecule has 4 rings (SSSR count). The largest absolute Gasteiger partial charge is 0.273 e. The number of carbonyl (C=O) groups is 3. The summed E-state index contributed by atoms with van der Waals surface area (Å²) < 4.78 is 0. The van der Waals surface area contributed by atoms with Crippen molar-refractivity contribution in [2.45, 2.75) is 32.7 Å². The summed E-state index contributed by atoms with van der Waals surface area (Å²) in [5, 5.41) is 24.0. The zero-order valence-electron chi connectivity index (χ0n) is 18.3. The number of amides is 3. The molecule has 3 atom stereocenters. The summed E-state index contributed by atoms with van der Waals surface area (Å²) in [5.41, 5.74) is -0.0514. The van der Waals surface area contributed by atoms with Crippen LogP contribution in [0.4, 0.5) is 11.4 Å². The lowest BCUT2D eigenvalue weighted by Crippen LogP contribution is -2.49. The fourth-order valence-corrected chi connectivity index (χ4v) is 4.64. The fraction of sp³-hybridized carbons (Fsp3) is 0.348. The number of fused-ring (bicyclic) bond motifs is 1. The first kappa shape index (κ1) is 23.0. The normalized spacial score (nSPS) is 21.8. The molecule has 1 heterocycles. The highest BCUT2D eigenvalue weighted by Gasteiger charge is 2.52. The van der Waals surface area contributed by atoms with Gasteiger partial charge in [-0.05, 0) is 36.8 Å². The van der Waals surface area contributed by atoms with Crippen LogP contribution in [0.1, 0.15) is 42.1 Å². The number of nitrogens with zero attached hydrogens (tertiary/aromatic N) is 4. The maximum atomic E-state index is 13.5. The Kier molecular flexibility index (Phi) is 6.10. The standard InChI is InChI=1S/C23H22N4O7/c1-14-5-10-19-20(11-14)23(30)25(22(19)29)24(13-15-6-8-17(9-7-15)26(31)32)21(28)16-3-2-4-18(12-16)27(33)34/h2-4,6-9,12,14,19-20H,5,10-11,13H2,1H3/t14-,19-,20-/m1/s1. The zero-order chi connectivity index (χ0) is 24.6. The second kappa shape index (κ2) is 9.00.